The Morgan fingerprint density at radius 2 is 1.90 bits per heavy atom. The molecule has 0 saturated carbocycles. The van der Waals surface area contributed by atoms with E-state index in [-0.39, 0.29) is 27.6 Å². The van der Waals surface area contributed by atoms with Crippen LogP contribution in [0.15, 0.2) is 29.8 Å². The van der Waals surface area contributed by atoms with Gasteiger partial charge in [0.05, 0.1) is 18.8 Å². The van der Waals surface area contributed by atoms with Crippen molar-refractivity contribution >= 4 is 34.3 Å². The molecule has 1 amide bonds. The van der Waals surface area contributed by atoms with Crippen molar-refractivity contribution in [2.24, 2.45) is 0 Å². The van der Waals surface area contributed by atoms with Crippen molar-refractivity contribution < 1.29 is 19.1 Å². The topological polar surface area (TPSA) is 112 Å². The molecule has 1 aromatic heterocycles. The number of hydrogen-bond acceptors (Lipinski definition) is 7. The maximum Gasteiger partial charge on any atom is 0.348 e. The van der Waals surface area contributed by atoms with Crippen LogP contribution in [0.4, 0.5) is 5.00 Å². The first-order valence-corrected chi connectivity index (χ1v) is 10.1. The molecular formula is C22H21N3O4S. The maximum atomic E-state index is 12.6. The van der Waals surface area contributed by atoms with Crippen LogP contribution in [-0.4, -0.2) is 25.1 Å². The standard InChI is InChI=1S/C22H21N3O4S/c1-4-10-29-17-8-6-15(7-9-17)11-16(12-23)20(26)25-21-18(13-24)14(3)19(30-21)22(27)28-5-2/h6-9,11H,4-5,10H2,1-3H3,(H,25,26)/b16-11+. The van der Waals surface area contributed by atoms with Crippen molar-refractivity contribution in [3.8, 4) is 17.9 Å². The van der Waals surface area contributed by atoms with Gasteiger partial charge in [0.15, 0.2) is 0 Å². The van der Waals surface area contributed by atoms with Crippen molar-refractivity contribution in [1.82, 2.24) is 0 Å². The predicted octanol–water partition coefficient (Wildman–Crippen LogP) is 4.44. The van der Waals surface area contributed by atoms with E-state index in [1.165, 1.54) is 6.08 Å². The van der Waals surface area contributed by atoms with E-state index in [9.17, 15) is 20.1 Å². The molecule has 8 heteroatoms. The van der Waals surface area contributed by atoms with Crippen LogP contribution < -0.4 is 10.1 Å². The van der Waals surface area contributed by atoms with Crippen LogP contribution in [0.3, 0.4) is 0 Å². The van der Waals surface area contributed by atoms with Gasteiger partial charge in [0.2, 0.25) is 0 Å². The van der Waals surface area contributed by atoms with E-state index in [0.717, 1.165) is 17.8 Å². The van der Waals surface area contributed by atoms with Crippen molar-refractivity contribution in [1.29, 1.82) is 10.5 Å². The Hall–Kier alpha value is -3.62. The second-order valence-corrected chi connectivity index (χ2v) is 7.15. The molecule has 1 aromatic carbocycles. The predicted molar refractivity (Wildman–Crippen MR) is 114 cm³/mol. The third kappa shape index (κ3) is 5.47. The first-order chi connectivity index (χ1) is 14.4. The molecule has 0 spiro atoms. The Labute approximate surface area is 179 Å². The molecule has 0 bridgehead atoms. The van der Waals surface area contributed by atoms with E-state index in [0.29, 0.717) is 23.5 Å². The summed E-state index contributed by atoms with van der Waals surface area (Å²) in [7, 11) is 0. The fourth-order valence-corrected chi connectivity index (χ4v) is 3.54. The lowest BCUT2D eigenvalue weighted by Gasteiger charge is -2.05. The van der Waals surface area contributed by atoms with Crippen LogP contribution in [0.2, 0.25) is 0 Å². The number of nitrogens with zero attached hydrogens (tertiary/aromatic N) is 2. The summed E-state index contributed by atoms with van der Waals surface area (Å²) < 4.78 is 10.5. The van der Waals surface area contributed by atoms with Gasteiger partial charge in [0.1, 0.15) is 33.3 Å². The van der Waals surface area contributed by atoms with E-state index in [1.807, 2.05) is 19.1 Å². The number of benzene rings is 1. The minimum atomic E-state index is -0.669. The molecule has 0 aliphatic carbocycles. The Bertz CT molecular complexity index is 1040. The van der Waals surface area contributed by atoms with Gasteiger partial charge in [-0.3, -0.25) is 4.79 Å². The van der Waals surface area contributed by atoms with Gasteiger partial charge in [-0.25, -0.2) is 4.79 Å². The second kappa shape index (κ2) is 10.8. The third-order valence-corrected chi connectivity index (χ3v) is 5.16. The molecule has 0 unspecified atom stereocenters. The van der Waals surface area contributed by atoms with Gasteiger partial charge in [-0.05, 0) is 49.6 Å². The Morgan fingerprint density at radius 1 is 1.20 bits per heavy atom. The molecule has 1 N–H and O–H groups in total. The van der Waals surface area contributed by atoms with Gasteiger partial charge >= 0.3 is 5.97 Å². The average molecular weight is 423 g/mol. The Kier molecular flexibility index (Phi) is 8.16. The summed E-state index contributed by atoms with van der Waals surface area (Å²) in [6.45, 7) is 6.11. The van der Waals surface area contributed by atoms with Crippen LogP contribution in [0.5, 0.6) is 5.75 Å². The fourth-order valence-electron chi connectivity index (χ4n) is 2.49. The molecule has 0 radical (unpaired) electrons. The van der Waals surface area contributed by atoms with Crippen LogP contribution >= 0.6 is 11.3 Å². The van der Waals surface area contributed by atoms with E-state index in [1.54, 1.807) is 38.1 Å². The lowest BCUT2D eigenvalue weighted by Crippen LogP contribution is -2.13. The summed E-state index contributed by atoms with van der Waals surface area (Å²) >= 11 is 0.949. The summed E-state index contributed by atoms with van der Waals surface area (Å²) in [5.41, 5.74) is 1.12. The average Bonchev–Trinajstić information content (AvgIpc) is 3.06. The lowest BCUT2D eigenvalue weighted by molar-refractivity contribution is -0.112. The first-order valence-electron chi connectivity index (χ1n) is 9.31. The zero-order valence-corrected chi connectivity index (χ0v) is 17.8. The minimum absolute atomic E-state index is 0.134. The molecule has 7 nitrogen and oxygen atoms in total. The van der Waals surface area contributed by atoms with E-state index in [2.05, 4.69) is 5.32 Å². The monoisotopic (exact) mass is 423 g/mol. The van der Waals surface area contributed by atoms with E-state index >= 15 is 0 Å². The van der Waals surface area contributed by atoms with Crippen molar-refractivity contribution in [3.63, 3.8) is 0 Å². The number of ether oxygens (including phenoxy) is 2. The summed E-state index contributed by atoms with van der Waals surface area (Å²) in [4.78, 5) is 24.9. The van der Waals surface area contributed by atoms with Crippen LogP contribution in [0.1, 0.15) is 46.6 Å². The lowest BCUT2D eigenvalue weighted by atomic mass is 10.1. The summed E-state index contributed by atoms with van der Waals surface area (Å²) in [6.07, 6.45) is 2.34. The summed E-state index contributed by atoms with van der Waals surface area (Å²) in [6, 6.07) is 10.9. The number of anilines is 1. The molecule has 0 aliphatic heterocycles. The molecule has 154 valence electrons. The van der Waals surface area contributed by atoms with Gasteiger partial charge in [-0.15, -0.1) is 11.3 Å². The summed E-state index contributed by atoms with van der Waals surface area (Å²) in [5.74, 6) is -0.522. The zero-order chi connectivity index (χ0) is 22.1. The van der Waals surface area contributed by atoms with Gasteiger partial charge in [0, 0.05) is 0 Å². The molecule has 2 aromatic rings. The number of hydrogen-bond donors (Lipinski definition) is 1. The number of carbonyl (C=O) groups is 2. The van der Waals surface area contributed by atoms with Crippen LogP contribution in [-0.2, 0) is 9.53 Å². The molecular weight excluding hydrogens is 402 g/mol. The normalized spacial score (nSPS) is 10.6. The second-order valence-electron chi connectivity index (χ2n) is 6.13. The summed E-state index contributed by atoms with van der Waals surface area (Å²) in [5, 5.41) is 21.6. The van der Waals surface area contributed by atoms with Crippen molar-refractivity contribution in [3.05, 3.63) is 51.4 Å². The van der Waals surface area contributed by atoms with Gasteiger partial charge in [-0.1, -0.05) is 19.1 Å². The van der Waals surface area contributed by atoms with Crippen molar-refractivity contribution in [2.75, 3.05) is 18.5 Å². The number of esters is 1. The largest absolute Gasteiger partial charge is 0.494 e. The number of amides is 1. The highest BCUT2D eigenvalue weighted by Crippen LogP contribution is 2.33. The number of carbonyl (C=O) groups excluding carboxylic acids is 2. The first kappa shape index (κ1) is 22.7. The van der Waals surface area contributed by atoms with Gasteiger partial charge in [-0.2, -0.15) is 10.5 Å². The molecule has 0 aliphatic rings. The Morgan fingerprint density at radius 3 is 2.47 bits per heavy atom. The zero-order valence-electron chi connectivity index (χ0n) is 16.9. The fraction of sp³-hybridized carbons (Fsp3) is 0.273. The number of rotatable bonds is 8. The van der Waals surface area contributed by atoms with Gasteiger partial charge in [0.25, 0.3) is 5.91 Å². The molecule has 0 fully saturated rings. The highest BCUT2D eigenvalue weighted by molar-refractivity contribution is 7.18. The SMILES string of the molecule is CCCOc1ccc(/C=C(\C#N)C(=O)Nc2sc(C(=O)OCC)c(C)c2C#N)cc1. The molecule has 1 heterocycles. The molecule has 0 atom stereocenters. The van der Waals surface area contributed by atoms with Crippen molar-refractivity contribution in [2.45, 2.75) is 27.2 Å². The molecule has 2 rings (SSSR count). The highest BCUT2D eigenvalue weighted by atomic mass is 32.1. The smallest absolute Gasteiger partial charge is 0.348 e. The quantitative estimate of drug-likeness (QED) is 0.382. The van der Waals surface area contributed by atoms with Gasteiger partial charge < -0.3 is 14.8 Å². The van der Waals surface area contributed by atoms with Crippen LogP contribution in [0, 0.1) is 29.6 Å². The van der Waals surface area contributed by atoms with E-state index in [4.69, 9.17) is 9.47 Å². The van der Waals surface area contributed by atoms with E-state index < -0.39 is 11.9 Å². The third-order valence-electron chi connectivity index (χ3n) is 3.98. The minimum Gasteiger partial charge on any atom is -0.494 e. The van der Waals surface area contributed by atoms with Crippen LogP contribution in [0.25, 0.3) is 6.08 Å². The number of nitrogens with one attached hydrogen (secondary N) is 1. The highest BCUT2D eigenvalue weighted by Gasteiger charge is 2.23. The Balaban J connectivity index is 2.24. The molecule has 30 heavy (non-hydrogen) atoms. The number of nitriles is 2. The maximum absolute atomic E-state index is 12.6. The number of thiophene rings is 1. The molecule has 0 saturated heterocycles.